The van der Waals surface area contributed by atoms with Crippen LogP contribution in [0.1, 0.15) is 45.1 Å². The molecule has 0 amide bonds. The lowest BCUT2D eigenvalue weighted by Gasteiger charge is -2.36. The van der Waals surface area contributed by atoms with E-state index in [0.717, 1.165) is 31.4 Å². The lowest BCUT2D eigenvalue weighted by atomic mass is 9.81. The molecule has 0 saturated carbocycles. The minimum Gasteiger partial charge on any atom is -0.496 e. The van der Waals surface area contributed by atoms with E-state index in [1.165, 1.54) is 7.11 Å². The van der Waals surface area contributed by atoms with Crippen molar-refractivity contribution in [3.63, 3.8) is 0 Å². The van der Waals surface area contributed by atoms with Gasteiger partial charge in [-0.2, -0.15) is 0 Å². The third kappa shape index (κ3) is 5.68. The second-order valence-electron chi connectivity index (χ2n) is 8.66. The highest BCUT2D eigenvalue weighted by Gasteiger charge is 2.41. The van der Waals surface area contributed by atoms with Crippen molar-refractivity contribution in [3.8, 4) is 5.75 Å². The maximum absolute atomic E-state index is 13.7. The summed E-state index contributed by atoms with van der Waals surface area (Å²) in [6.07, 6.45) is 3.52. The largest absolute Gasteiger partial charge is 0.496 e. The fourth-order valence-corrected chi connectivity index (χ4v) is 6.69. The summed E-state index contributed by atoms with van der Waals surface area (Å²) in [4.78, 5) is 13.2. The number of benzene rings is 2. The quantitative estimate of drug-likeness (QED) is 0.527. The second kappa shape index (κ2) is 10.6. The van der Waals surface area contributed by atoms with Crippen molar-refractivity contribution < 1.29 is 27.8 Å². The molecule has 0 spiro atoms. The molecular formula is C25H33NO6S. The zero-order valence-electron chi connectivity index (χ0n) is 19.5. The number of carbonyl (C=O) groups is 1. The van der Waals surface area contributed by atoms with Crippen LogP contribution in [0.15, 0.2) is 47.4 Å². The molecule has 1 atom stereocenters. The number of hydrogen-bond acceptors (Lipinski definition) is 6. The van der Waals surface area contributed by atoms with Gasteiger partial charge in [-0.3, -0.25) is 0 Å². The summed E-state index contributed by atoms with van der Waals surface area (Å²) in [5, 5.41) is 8.89. The highest BCUT2D eigenvalue weighted by atomic mass is 32.2. The van der Waals surface area contributed by atoms with Crippen LogP contribution in [-0.2, 0) is 26.0 Å². The SMILES string of the molecule is CCCCC1(CC)CN(c2ccccc2)c2cc(OC)c(COCC(=O)O)cc2S(=O)(=O)C1. The Kier molecular flexibility index (Phi) is 8.02. The van der Waals surface area contributed by atoms with Crippen LogP contribution in [0, 0.1) is 5.41 Å². The van der Waals surface area contributed by atoms with Gasteiger partial charge in [0, 0.05) is 29.3 Å². The molecule has 1 aliphatic heterocycles. The number of aliphatic carboxylic acids is 1. The van der Waals surface area contributed by atoms with Crippen LogP contribution in [0.25, 0.3) is 0 Å². The minimum absolute atomic E-state index is 0.0572. The first-order chi connectivity index (χ1) is 15.7. The summed E-state index contributed by atoms with van der Waals surface area (Å²) < 4.78 is 38.3. The number of rotatable bonds is 10. The molecule has 1 unspecified atom stereocenters. The van der Waals surface area contributed by atoms with Crippen LogP contribution < -0.4 is 9.64 Å². The Morgan fingerprint density at radius 1 is 1.18 bits per heavy atom. The van der Waals surface area contributed by atoms with E-state index in [9.17, 15) is 13.2 Å². The molecule has 2 aromatic rings. The first-order valence-electron chi connectivity index (χ1n) is 11.3. The minimum atomic E-state index is -3.63. The second-order valence-corrected chi connectivity index (χ2v) is 10.6. The molecular weight excluding hydrogens is 442 g/mol. The first kappa shape index (κ1) is 25.1. The van der Waals surface area contributed by atoms with Gasteiger partial charge in [-0.25, -0.2) is 13.2 Å². The van der Waals surface area contributed by atoms with E-state index in [4.69, 9.17) is 14.6 Å². The standard InChI is InChI=1S/C25H33NO6S/c1-4-6-12-25(5-2)17-26(20-10-8-7-9-11-20)21-14-22(31-3)19(15-32-16-24(27)28)13-23(21)33(29,30)18-25/h7-11,13-14H,4-6,12,15-18H2,1-3H3,(H,27,28). The summed E-state index contributed by atoms with van der Waals surface area (Å²) in [5.41, 5.74) is 1.61. The fraction of sp³-hybridized carbons (Fsp3) is 0.480. The van der Waals surface area contributed by atoms with Crippen molar-refractivity contribution in [1.82, 2.24) is 0 Å². The van der Waals surface area contributed by atoms with E-state index in [-0.39, 0.29) is 17.3 Å². The molecule has 1 aliphatic rings. The Balaban J connectivity index is 2.18. The number of nitrogens with zero attached hydrogens (tertiary/aromatic N) is 1. The normalized spacial score (nSPS) is 19.5. The number of unbranched alkanes of at least 4 members (excludes halogenated alkanes) is 1. The van der Waals surface area contributed by atoms with Crippen molar-refractivity contribution in [2.24, 2.45) is 5.41 Å². The fourth-order valence-electron chi connectivity index (χ4n) is 4.48. The number of hydrogen-bond donors (Lipinski definition) is 1. The summed E-state index contributed by atoms with van der Waals surface area (Å²) in [7, 11) is -2.12. The predicted octanol–water partition coefficient (Wildman–Crippen LogP) is 4.81. The molecule has 33 heavy (non-hydrogen) atoms. The molecule has 0 aromatic heterocycles. The lowest BCUT2D eigenvalue weighted by molar-refractivity contribution is -0.142. The Morgan fingerprint density at radius 2 is 1.91 bits per heavy atom. The number of anilines is 2. The number of ether oxygens (including phenoxy) is 2. The molecule has 180 valence electrons. The summed E-state index contributed by atoms with van der Waals surface area (Å²) in [5.74, 6) is -0.558. The number of fused-ring (bicyclic) bond motifs is 1. The maximum Gasteiger partial charge on any atom is 0.329 e. The Labute approximate surface area is 196 Å². The van der Waals surface area contributed by atoms with Crippen LogP contribution >= 0.6 is 0 Å². The molecule has 0 aliphatic carbocycles. The number of carboxylic acids is 1. The maximum atomic E-state index is 13.7. The van der Waals surface area contributed by atoms with Crippen molar-refractivity contribution >= 4 is 27.2 Å². The monoisotopic (exact) mass is 475 g/mol. The number of para-hydroxylation sites is 1. The Bertz CT molecular complexity index is 1070. The number of methoxy groups -OCH3 is 1. The smallest absolute Gasteiger partial charge is 0.329 e. The van der Waals surface area contributed by atoms with Crippen molar-refractivity contribution in [2.75, 3.05) is 30.9 Å². The molecule has 2 aromatic carbocycles. The zero-order chi connectivity index (χ0) is 24.1. The van der Waals surface area contributed by atoms with E-state index in [1.54, 1.807) is 12.1 Å². The molecule has 0 radical (unpaired) electrons. The van der Waals surface area contributed by atoms with Crippen molar-refractivity contribution in [3.05, 3.63) is 48.0 Å². The summed E-state index contributed by atoms with van der Waals surface area (Å²) >= 11 is 0. The molecule has 0 saturated heterocycles. The van der Waals surface area contributed by atoms with E-state index in [1.807, 2.05) is 30.3 Å². The Hall–Kier alpha value is -2.58. The van der Waals surface area contributed by atoms with Gasteiger partial charge in [0.1, 0.15) is 12.4 Å². The van der Waals surface area contributed by atoms with Gasteiger partial charge in [0.2, 0.25) is 0 Å². The number of carboxylic acid groups (broad SMARTS) is 1. The summed E-state index contributed by atoms with van der Waals surface area (Å²) in [6, 6.07) is 13.1. The van der Waals surface area contributed by atoms with E-state index in [2.05, 4.69) is 18.7 Å². The molecule has 8 heteroatoms. The van der Waals surface area contributed by atoms with E-state index < -0.39 is 27.8 Å². The van der Waals surface area contributed by atoms with Gasteiger partial charge in [0.15, 0.2) is 9.84 Å². The van der Waals surface area contributed by atoms with Crippen LogP contribution in [0.3, 0.4) is 0 Å². The summed E-state index contributed by atoms with van der Waals surface area (Å²) in [6.45, 7) is 4.23. The van der Waals surface area contributed by atoms with Crippen LogP contribution in [0.2, 0.25) is 0 Å². The topological polar surface area (TPSA) is 93.1 Å². The lowest BCUT2D eigenvalue weighted by Crippen LogP contribution is -2.37. The zero-order valence-corrected chi connectivity index (χ0v) is 20.4. The highest BCUT2D eigenvalue weighted by Crippen LogP contribution is 2.46. The number of sulfone groups is 1. The van der Waals surface area contributed by atoms with Crippen LogP contribution in [0.4, 0.5) is 11.4 Å². The molecule has 1 N–H and O–H groups in total. The molecule has 0 fully saturated rings. The van der Waals surface area contributed by atoms with Gasteiger partial charge in [0.25, 0.3) is 0 Å². The van der Waals surface area contributed by atoms with Crippen molar-refractivity contribution in [2.45, 2.75) is 51.0 Å². The van der Waals surface area contributed by atoms with E-state index in [0.29, 0.717) is 23.5 Å². The average Bonchev–Trinajstić information content (AvgIpc) is 2.90. The predicted molar refractivity (Wildman–Crippen MR) is 128 cm³/mol. The van der Waals surface area contributed by atoms with Gasteiger partial charge < -0.3 is 19.5 Å². The third-order valence-electron chi connectivity index (χ3n) is 6.34. The van der Waals surface area contributed by atoms with Gasteiger partial charge in [-0.15, -0.1) is 0 Å². The molecule has 3 rings (SSSR count). The van der Waals surface area contributed by atoms with Gasteiger partial charge >= 0.3 is 5.97 Å². The van der Waals surface area contributed by atoms with Gasteiger partial charge in [-0.1, -0.05) is 44.9 Å². The van der Waals surface area contributed by atoms with Gasteiger partial charge in [0.05, 0.1) is 30.1 Å². The van der Waals surface area contributed by atoms with Crippen LogP contribution in [-0.4, -0.2) is 45.5 Å². The average molecular weight is 476 g/mol. The van der Waals surface area contributed by atoms with E-state index >= 15 is 0 Å². The Morgan fingerprint density at radius 3 is 2.52 bits per heavy atom. The van der Waals surface area contributed by atoms with Gasteiger partial charge in [-0.05, 0) is 31.0 Å². The van der Waals surface area contributed by atoms with Crippen LogP contribution in [0.5, 0.6) is 5.75 Å². The first-order valence-corrected chi connectivity index (χ1v) is 13.0. The molecule has 7 nitrogen and oxygen atoms in total. The highest BCUT2D eigenvalue weighted by molar-refractivity contribution is 7.91. The third-order valence-corrected chi connectivity index (χ3v) is 8.33. The van der Waals surface area contributed by atoms with Crippen molar-refractivity contribution in [1.29, 1.82) is 0 Å². The molecule has 1 heterocycles. The molecule has 0 bridgehead atoms.